The van der Waals surface area contributed by atoms with E-state index in [1.54, 1.807) is 39.5 Å². The molecule has 0 saturated heterocycles. The predicted octanol–water partition coefficient (Wildman–Crippen LogP) is 2.33. The van der Waals surface area contributed by atoms with Crippen molar-refractivity contribution < 1.29 is 61.0 Å². The SMILES string of the molecule is COCCCC(=O)c1ccncc1O.COCCNC(=O)c1ccccc1O.COCCNC(=O)c1ccncc1O.[Fe]. The first-order valence-electron chi connectivity index (χ1n) is 12.9. The number of hydrogen-bond acceptors (Lipinski definition) is 11. The smallest absolute Gasteiger partial charge is 0.255 e. The van der Waals surface area contributed by atoms with Gasteiger partial charge in [0.2, 0.25) is 0 Å². The second-order valence-corrected chi connectivity index (χ2v) is 8.32. The molecule has 0 saturated carbocycles. The van der Waals surface area contributed by atoms with Crippen LogP contribution >= 0.6 is 0 Å². The Labute approximate surface area is 261 Å². The minimum atomic E-state index is -0.332. The normalized spacial score (nSPS) is 9.65. The number of rotatable bonds is 13. The number of ketones is 1. The summed E-state index contributed by atoms with van der Waals surface area (Å²) in [5.74, 6) is -0.899. The molecule has 2 heterocycles. The van der Waals surface area contributed by atoms with Gasteiger partial charge >= 0.3 is 0 Å². The number of benzene rings is 1. The van der Waals surface area contributed by atoms with E-state index in [1.165, 1.54) is 43.0 Å². The summed E-state index contributed by atoms with van der Waals surface area (Å²) >= 11 is 0. The van der Waals surface area contributed by atoms with E-state index >= 15 is 0 Å². The van der Waals surface area contributed by atoms with Crippen molar-refractivity contribution >= 4 is 17.6 Å². The Morgan fingerprint density at radius 3 is 1.60 bits per heavy atom. The molecule has 1 aromatic carbocycles. The predicted molar refractivity (Wildman–Crippen MR) is 154 cm³/mol. The number of pyridine rings is 2. The van der Waals surface area contributed by atoms with Gasteiger partial charge in [0, 0.05) is 76.9 Å². The Bertz CT molecular complexity index is 1100. The zero-order chi connectivity index (χ0) is 31.2. The second kappa shape index (κ2) is 23.5. The molecule has 3 aromatic rings. The molecular weight excluding hydrogens is 604 g/mol. The van der Waals surface area contributed by atoms with Crippen molar-refractivity contribution in [1.82, 2.24) is 20.6 Å². The van der Waals surface area contributed by atoms with Gasteiger partial charge in [-0.2, -0.15) is 0 Å². The molecule has 0 aliphatic carbocycles. The van der Waals surface area contributed by atoms with E-state index in [9.17, 15) is 29.7 Å². The van der Waals surface area contributed by atoms with Crippen LogP contribution in [0.25, 0.3) is 0 Å². The van der Waals surface area contributed by atoms with Crippen LogP contribution in [0.5, 0.6) is 17.2 Å². The van der Waals surface area contributed by atoms with Crippen molar-refractivity contribution in [3.8, 4) is 17.2 Å². The number of aromatic nitrogens is 2. The Morgan fingerprint density at radius 1 is 0.674 bits per heavy atom. The first-order chi connectivity index (χ1) is 20.3. The third-order valence-electron chi connectivity index (χ3n) is 5.23. The standard InChI is InChI=1S/2C10H13NO3.C9H12N2O3.Fe/c1-14-6-2-3-9(12)8-4-5-11-7-10(8)13;1-14-7-6-11-10(13)8-4-2-3-5-9(8)12;1-14-5-4-11-9(13)7-2-3-10-6-8(7)12;/h4-5,7,13H,2-3,6H2,1H3;2-5,12H,6-7H2,1H3,(H,11,13);2-3,6,12H,4-5H2,1H3,(H,11,13);. The largest absolute Gasteiger partial charge is 0.507 e. The zero-order valence-corrected chi connectivity index (χ0v) is 25.4. The average Bonchev–Trinajstić information content (AvgIpc) is 2.99. The molecule has 236 valence electrons. The van der Waals surface area contributed by atoms with E-state index in [-0.39, 0.29) is 63.0 Å². The monoisotopic (exact) mass is 642 g/mol. The number of nitrogens with one attached hydrogen (secondary N) is 2. The van der Waals surface area contributed by atoms with Crippen LogP contribution in [0.4, 0.5) is 0 Å². The summed E-state index contributed by atoms with van der Waals surface area (Å²) in [5, 5.41) is 33.2. The number of phenols is 1. The number of phenolic OH excluding ortho intramolecular Hbond substituents is 1. The summed E-state index contributed by atoms with van der Waals surface area (Å²) in [6.07, 6.45) is 6.48. The van der Waals surface area contributed by atoms with Gasteiger partial charge in [0.1, 0.15) is 17.2 Å². The minimum absolute atomic E-state index is 0. The van der Waals surface area contributed by atoms with Crippen LogP contribution in [0.3, 0.4) is 0 Å². The topological polar surface area (TPSA) is 189 Å². The Kier molecular flexibility index (Phi) is 21.3. The number of methoxy groups -OCH3 is 3. The van der Waals surface area contributed by atoms with Gasteiger partial charge < -0.3 is 40.2 Å². The molecule has 3 rings (SSSR count). The summed E-state index contributed by atoms with van der Waals surface area (Å²) in [4.78, 5) is 41.7. The quantitative estimate of drug-likeness (QED) is 0.105. The Balaban J connectivity index is 0.000000608. The van der Waals surface area contributed by atoms with Crippen LogP contribution in [0.2, 0.25) is 0 Å². The number of amides is 2. The van der Waals surface area contributed by atoms with Crippen molar-refractivity contribution in [2.24, 2.45) is 0 Å². The fourth-order valence-corrected chi connectivity index (χ4v) is 3.10. The van der Waals surface area contributed by atoms with Gasteiger partial charge in [-0.3, -0.25) is 24.4 Å². The van der Waals surface area contributed by atoms with E-state index in [2.05, 4.69) is 20.6 Å². The van der Waals surface area contributed by atoms with Crippen LogP contribution in [-0.4, -0.2) is 97.1 Å². The minimum Gasteiger partial charge on any atom is -0.507 e. The van der Waals surface area contributed by atoms with E-state index < -0.39 is 0 Å². The molecule has 13 nitrogen and oxygen atoms in total. The third-order valence-corrected chi connectivity index (χ3v) is 5.23. The van der Waals surface area contributed by atoms with Crippen LogP contribution in [0.1, 0.15) is 43.9 Å². The van der Waals surface area contributed by atoms with Crippen molar-refractivity contribution in [3.63, 3.8) is 0 Å². The molecular formula is C29H38FeN4O9. The molecule has 0 atom stereocenters. The molecule has 0 radical (unpaired) electrons. The molecule has 43 heavy (non-hydrogen) atoms. The van der Waals surface area contributed by atoms with Crippen molar-refractivity contribution in [1.29, 1.82) is 0 Å². The molecule has 0 spiro atoms. The number of Topliss-reactive ketones (excluding diaryl/α,β-unsaturated/α-hetero) is 1. The van der Waals surface area contributed by atoms with Crippen LogP contribution in [0.15, 0.2) is 61.2 Å². The fraction of sp³-hybridized carbons (Fsp3) is 0.345. The number of aromatic hydroxyl groups is 3. The number of nitrogens with zero attached hydrogens (tertiary/aromatic N) is 2. The van der Waals surface area contributed by atoms with E-state index in [1.807, 2.05) is 0 Å². The maximum atomic E-state index is 11.5. The van der Waals surface area contributed by atoms with Gasteiger partial charge in [-0.25, -0.2) is 0 Å². The molecule has 0 aliphatic heterocycles. The van der Waals surface area contributed by atoms with Gasteiger partial charge in [-0.05, 0) is 30.7 Å². The van der Waals surface area contributed by atoms with E-state index in [4.69, 9.17) is 14.2 Å². The number of carbonyl (C=O) groups excluding carboxylic acids is 3. The number of carbonyl (C=O) groups is 3. The van der Waals surface area contributed by atoms with Crippen molar-refractivity contribution in [2.45, 2.75) is 12.8 Å². The van der Waals surface area contributed by atoms with Crippen LogP contribution < -0.4 is 10.6 Å². The summed E-state index contributed by atoms with van der Waals surface area (Å²) < 4.78 is 14.4. The van der Waals surface area contributed by atoms with Gasteiger partial charge in [0.05, 0.1) is 42.3 Å². The third kappa shape index (κ3) is 15.7. The molecule has 0 aliphatic rings. The zero-order valence-electron chi connectivity index (χ0n) is 24.3. The summed E-state index contributed by atoms with van der Waals surface area (Å²) in [7, 11) is 4.70. The Morgan fingerprint density at radius 2 is 1.14 bits per heavy atom. The van der Waals surface area contributed by atoms with Gasteiger partial charge in [0.25, 0.3) is 11.8 Å². The summed E-state index contributed by atoms with van der Waals surface area (Å²) in [6.45, 7) is 2.30. The summed E-state index contributed by atoms with van der Waals surface area (Å²) in [6, 6.07) is 9.39. The van der Waals surface area contributed by atoms with Crippen LogP contribution in [-0.2, 0) is 31.3 Å². The van der Waals surface area contributed by atoms with Gasteiger partial charge in [-0.1, -0.05) is 12.1 Å². The molecule has 14 heteroatoms. The van der Waals surface area contributed by atoms with Gasteiger partial charge in [0.15, 0.2) is 5.78 Å². The van der Waals surface area contributed by atoms with Crippen molar-refractivity contribution in [2.75, 3.05) is 54.2 Å². The molecule has 0 bridgehead atoms. The number of hydrogen-bond donors (Lipinski definition) is 5. The number of ether oxygens (including phenoxy) is 3. The Hall–Kier alpha value is -4.07. The van der Waals surface area contributed by atoms with Crippen LogP contribution in [0, 0.1) is 0 Å². The first kappa shape index (κ1) is 38.9. The fourth-order valence-electron chi connectivity index (χ4n) is 3.10. The molecule has 0 unspecified atom stereocenters. The maximum Gasteiger partial charge on any atom is 0.255 e. The number of para-hydroxylation sites is 1. The van der Waals surface area contributed by atoms with E-state index in [0.717, 1.165) is 0 Å². The summed E-state index contributed by atoms with van der Waals surface area (Å²) in [5.41, 5.74) is 0.829. The molecule has 5 N–H and O–H groups in total. The van der Waals surface area contributed by atoms with Crippen molar-refractivity contribution in [3.05, 3.63) is 77.9 Å². The molecule has 2 aromatic heterocycles. The van der Waals surface area contributed by atoms with Gasteiger partial charge in [-0.15, -0.1) is 0 Å². The molecule has 0 fully saturated rings. The average molecular weight is 642 g/mol. The first-order valence-corrected chi connectivity index (χ1v) is 12.9. The molecule has 2 amide bonds. The maximum absolute atomic E-state index is 11.5. The van der Waals surface area contributed by atoms with E-state index in [0.29, 0.717) is 51.3 Å². The second-order valence-electron chi connectivity index (χ2n) is 8.32.